The first-order valence-corrected chi connectivity index (χ1v) is 10.4. The zero-order chi connectivity index (χ0) is 18.4. The lowest BCUT2D eigenvalue weighted by Crippen LogP contribution is -2.57. The van der Waals surface area contributed by atoms with Crippen molar-refractivity contribution in [2.24, 2.45) is 5.92 Å². The molecule has 3 rings (SSSR count). The van der Waals surface area contributed by atoms with Crippen LogP contribution in [0.3, 0.4) is 0 Å². The fourth-order valence-corrected chi connectivity index (χ4v) is 4.95. The van der Waals surface area contributed by atoms with Crippen LogP contribution in [0.1, 0.15) is 57.8 Å². The molecule has 6 nitrogen and oxygen atoms in total. The summed E-state index contributed by atoms with van der Waals surface area (Å²) in [5.74, 6) is 0.194. The second-order valence-electron chi connectivity index (χ2n) is 8.27. The molecule has 2 saturated heterocycles. The number of carbonyl (C=O) groups is 2. The Morgan fingerprint density at radius 1 is 1.19 bits per heavy atom. The van der Waals surface area contributed by atoms with Crippen LogP contribution in [0.4, 0.5) is 0 Å². The third-order valence-electron chi connectivity index (χ3n) is 6.59. The van der Waals surface area contributed by atoms with Crippen LogP contribution in [0.2, 0.25) is 0 Å². The van der Waals surface area contributed by atoms with E-state index in [-0.39, 0.29) is 23.3 Å². The summed E-state index contributed by atoms with van der Waals surface area (Å²) in [4.78, 5) is 29.3. The first-order valence-electron chi connectivity index (χ1n) is 10.4. The Morgan fingerprint density at radius 3 is 2.62 bits per heavy atom. The van der Waals surface area contributed by atoms with Gasteiger partial charge in [0.05, 0.1) is 12.5 Å². The van der Waals surface area contributed by atoms with Crippen molar-refractivity contribution < 1.29 is 14.3 Å². The standard InChI is InChI=1S/C20H35N3O3/c1-26-14-13-22-15-17(7-8-18(22)24)19(25)21-16-20(9-3-4-10-20)23-11-5-2-6-12-23/h17H,2-16H2,1H3,(H,21,25)/t17-/m0/s1. The number of hydrogen-bond acceptors (Lipinski definition) is 4. The lowest BCUT2D eigenvalue weighted by molar-refractivity contribution is -0.139. The number of ether oxygens (including phenoxy) is 1. The average molecular weight is 366 g/mol. The number of likely N-dealkylation sites (tertiary alicyclic amines) is 2. The van der Waals surface area contributed by atoms with Crippen LogP contribution >= 0.6 is 0 Å². The van der Waals surface area contributed by atoms with Gasteiger partial charge in [-0.05, 0) is 45.2 Å². The fraction of sp³-hybridized carbons (Fsp3) is 0.900. The molecule has 2 amide bonds. The Kier molecular flexibility index (Phi) is 6.92. The first-order chi connectivity index (χ1) is 12.6. The minimum absolute atomic E-state index is 0.0793. The molecule has 6 heteroatoms. The second-order valence-corrected chi connectivity index (χ2v) is 8.27. The van der Waals surface area contributed by atoms with Gasteiger partial charge < -0.3 is 15.0 Å². The Morgan fingerprint density at radius 2 is 1.92 bits per heavy atom. The molecule has 1 saturated carbocycles. The third-order valence-corrected chi connectivity index (χ3v) is 6.59. The number of nitrogens with one attached hydrogen (secondary N) is 1. The SMILES string of the molecule is COCCN1C[C@@H](C(=O)NCC2(N3CCCCC3)CCCC2)CCC1=O. The molecule has 3 aliphatic rings. The van der Waals surface area contributed by atoms with E-state index < -0.39 is 0 Å². The highest BCUT2D eigenvalue weighted by Crippen LogP contribution is 2.36. The normalized spacial score (nSPS) is 26.9. The predicted molar refractivity (Wildman–Crippen MR) is 101 cm³/mol. The molecule has 148 valence electrons. The second kappa shape index (κ2) is 9.18. The number of piperidine rings is 2. The zero-order valence-electron chi connectivity index (χ0n) is 16.3. The van der Waals surface area contributed by atoms with Crippen molar-refractivity contribution in [1.29, 1.82) is 0 Å². The summed E-state index contributed by atoms with van der Waals surface area (Å²) in [5, 5.41) is 3.27. The molecule has 0 radical (unpaired) electrons. The number of amides is 2. The number of nitrogens with zero attached hydrogens (tertiary/aromatic N) is 2. The highest BCUT2D eigenvalue weighted by atomic mass is 16.5. The molecule has 1 aliphatic carbocycles. The fourth-order valence-electron chi connectivity index (χ4n) is 4.95. The van der Waals surface area contributed by atoms with E-state index in [0.29, 0.717) is 32.5 Å². The molecule has 26 heavy (non-hydrogen) atoms. The van der Waals surface area contributed by atoms with Crippen LogP contribution in [0, 0.1) is 5.92 Å². The van der Waals surface area contributed by atoms with E-state index in [1.165, 1.54) is 58.0 Å². The van der Waals surface area contributed by atoms with Crippen LogP contribution < -0.4 is 5.32 Å². The molecule has 0 aromatic heterocycles. The quantitative estimate of drug-likeness (QED) is 0.747. The van der Waals surface area contributed by atoms with Gasteiger partial charge >= 0.3 is 0 Å². The topological polar surface area (TPSA) is 61.9 Å². The number of carbonyl (C=O) groups excluding carboxylic acids is 2. The molecule has 3 fully saturated rings. The van der Waals surface area contributed by atoms with E-state index in [0.717, 1.165) is 6.54 Å². The number of methoxy groups -OCH3 is 1. The monoisotopic (exact) mass is 365 g/mol. The Labute approximate surface area is 157 Å². The minimum Gasteiger partial charge on any atom is -0.383 e. The van der Waals surface area contributed by atoms with Crippen molar-refractivity contribution in [2.45, 2.75) is 63.3 Å². The highest BCUT2D eigenvalue weighted by Gasteiger charge is 2.40. The molecule has 1 atom stereocenters. The first kappa shape index (κ1) is 19.6. The lowest BCUT2D eigenvalue weighted by Gasteiger charge is -2.44. The summed E-state index contributed by atoms with van der Waals surface area (Å²) >= 11 is 0. The summed E-state index contributed by atoms with van der Waals surface area (Å²) < 4.78 is 5.08. The van der Waals surface area contributed by atoms with E-state index in [1.807, 2.05) is 0 Å². The summed E-state index contributed by atoms with van der Waals surface area (Å²) in [6.07, 6.45) is 10.0. The van der Waals surface area contributed by atoms with Crippen molar-refractivity contribution in [1.82, 2.24) is 15.1 Å². The van der Waals surface area contributed by atoms with Gasteiger partial charge in [-0.1, -0.05) is 19.3 Å². The maximum atomic E-state index is 12.8. The van der Waals surface area contributed by atoms with Gasteiger partial charge in [-0.15, -0.1) is 0 Å². The molecule has 2 aliphatic heterocycles. The van der Waals surface area contributed by atoms with Gasteiger partial charge in [0.25, 0.3) is 0 Å². The van der Waals surface area contributed by atoms with Gasteiger partial charge in [0.15, 0.2) is 0 Å². The lowest BCUT2D eigenvalue weighted by atomic mass is 9.91. The Bertz CT molecular complexity index is 485. The van der Waals surface area contributed by atoms with Crippen LogP contribution in [-0.4, -0.2) is 73.6 Å². The Hall–Kier alpha value is -1.14. The van der Waals surface area contributed by atoms with E-state index in [1.54, 1.807) is 12.0 Å². The van der Waals surface area contributed by atoms with E-state index in [4.69, 9.17) is 4.74 Å². The van der Waals surface area contributed by atoms with Crippen LogP contribution in [-0.2, 0) is 14.3 Å². The zero-order valence-corrected chi connectivity index (χ0v) is 16.3. The minimum atomic E-state index is -0.0793. The smallest absolute Gasteiger partial charge is 0.224 e. The maximum Gasteiger partial charge on any atom is 0.224 e. The summed E-state index contributed by atoms with van der Waals surface area (Å²) in [7, 11) is 1.64. The van der Waals surface area contributed by atoms with Crippen LogP contribution in [0.5, 0.6) is 0 Å². The van der Waals surface area contributed by atoms with Crippen molar-refractivity contribution in [3.63, 3.8) is 0 Å². The Balaban J connectivity index is 1.54. The summed E-state index contributed by atoms with van der Waals surface area (Å²) in [6, 6.07) is 0. The molecular formula is C20H35N3O3. The van der Waals surface area contributed by atoms with Gasteiger partial charge in [0, 0.05) is 38.7 Å². The predicted octanol–water partition coefficient (Wildman–Crippen LogP) is 1.79. The maximum absolute atomic E-state index is 12.8. The van der Waals surface area contributed by atoms with Gasteiger partial charge in [0.1, 0.15) is 0 Å². The van der Waals surface area contributed by atoms with Gasteiger partial charge in [-0.2, -0.15) is 0 Å². The molecule has 0 bridgehead atoms. The van der Waals surface area contributed by atoms with Crippen molar-refractivity contribution in [3.05, 3.63) is 0 Å². The van der Waals surface area contributed by atoms with Crippen molar-refractivity contribution >= 4 is 11.8 Å². The summed E-state index contributed by atoms with van der Waals surface area (Å²) in [5.41, 5.74) is 0.177. The van der Waals surface area contributed by atoms with Crippen molar-refractivity contribution in [2.75, 3.05) is 46.4 Å². The molecule has 1 N–H and O–H groups in total. The largest absolute Gasteiger partial charge is 0.383 e. The molecule has 0 aromatic rings. The van der Waals surface area contributed by atoms with E-state index in [9.17, 15) is 9.59 Å². The van der Waals surface area contributed by atoms with Gasteiger partial charge in [-0.3, -0.25) is 14.5 Å². The van der Waals surface area contributed by atoms with E-state index in [2.05, 4.69) is 10.2 Å². The molecule has 0 spiro atoms. The van der Waals surface area contributed by atoms with Crippen molar-refractivity contribution in [3.8, 4) is 0 Å². The van der Waals surface area contributed by atoms with Gasteiger partial charge in [-0.25, -0.2) is 0 Å². The third kappa shape index (κ3) is 4.58. The van der Waals surface area contributed by atoms with Crippen LogP contribution in [0.25, 0.3) is 0 Å². The number of rotatable bonds is 7. The molecule has 2 heterocycles. The van der Waals surface area contributed by atoms with Gasteiger partial charge in [0.2, 0.25) is 11.8 Å². The molecule has 0 unspecified atom stereocenters. The van der Waals surface area contributed by atoms with Crippen LogP contribution in [0.15, 0.2) is 0 Å². The average Bonchev–Trinajstić information content (AvgIpc) is 3.16. The number of hydrogen-bond donors (Lipinski definition) is 1. The van der Waals surface area contributed by atoms with E-state index >= 15 is 0 Å². The highest BCUT2D eigenvalue weighted by molar-refractivity contribution is 5.83. The molecular weight excluding hydrogens is 330 g/mol. The summed E-state index contributed by atoms with van der Waals surface area (Å²) in [6.45, 7) is 4.77. The molecule has 0 aromatic carbocycles.